The standard InChI is InChI=1S/C13H19N3/c1-7-12(8-2)16-13(14-6)15-9-11(5)10(3)4/h1,8-9,11-12H,2-3H2,4-6H3,(H,14,16)/b15-9+. The van der Waals surface area contributed by atoms with Crippen molar-refractivity contribution in [3.8, 4) is 12.3 Å². The lowest BCUT2D eigenvalue weighted by atomic mass is 10.1. The van der Waals surface area contributed by atoms with E-state index < -0.39 is 0 Å². The maximum Gasteiger partial charge on any atom is 0.218 e. The van der Waals surface area contributed by atoms with Crippen LogP contribution < -0.4 is 5.32 Å². The molecule has 2 unspecified atom stereocenters. The topological polar surface area (TPSA) is 36.8 Å². The maximum atomic E-state index is 5.29. The summed E-state index contributed by atoms with van der Waals surface area (Å²) in [6.07, 6.45) is 8.70. The smallest absolute Gasteiger partial charge is 0.218 e. The second-order valence-electron chi connectivity index (χ2n) is 3.48. The molecule has 3 heteroatoms. The Bertz CT molecular complexity index is 345. The van der Waals surface area contributed by atoms with E-state index in [1.165, 1.54) is 0 Å². The number of aliphatic imine (C=N–C) groups is 2. The molecular formula is C13H19N3. The van der Waals surface area contributed by atoms with Crippen LogP contribution in [-0.4, -0.2) is 25.3 Å². The first-order valence-electron chi connectivity index (χ1n) is 5.06. The molecule has 0 amide bonds. The molecule has 0 aliphatic rings. The Labute approximate surface area is 98.1 Å². The van der Waals surface area contributed by atoms with Gasteiger partial charge >= 0.3 is 0 Å². The number of hydrogen-bond donors (Lipinski definition) is 1. The van der Waals surface area contributed by atoms with Crippen molar-refractivity contribution in [3.05, 3.63) is 24.8 Å². The Morgan fingerprint density at radius 1 is 1.56 bits per heavy atom. The zero-order valence-corrected chi connectivity index (χ0v) is 10.2. The molecule has 0 fully saturated rings. The molecule has 0 bridgehead atoms. The molecule has 0 aliphatic carbocycles. The maximum absolute atomic E-state index is 5.29. The fourth-order valence-electron chi connectivity index (χ4n) is 0.777. The molecule has 0 aromatic rings. The number of nitrogens with zero attached hydrogens (tertiary/aromatic N) is 2. The third-order valence-corrected chi connectivity index (χ3v) is 2.11. The molecule has 0 saturated carbocycles. The Morgan fingerprint density at radius 3 is 2.56 bits per heavy atom. The van der Waals surface area contributed by atoms with Gasteiger partial charge in [0.2, 0.25) is 5.96 Å². The summed E-state index contributed by atoms with van der Waals surface area (Å²) < 4.78 is 0. The van der Waals surface area contributed by atoms with Crippen molar-refractivity contribution in [3.63, 3.8) is 0 Å². The summed E-state index contributed by atoms with van der Waals surface area (Å²) >= 11 is 0. The van der Waals surface area contributed by atoms with E-state index in [1.54, 1.807) is 19.3 Å². The first-order chi connectivity index (χ1) is 7.54. The Morgan fingerprint density at radius 2 is 2.19 bits per heavy atom. The molecule has 2 atom stereocenters. The second kappa shape index (κ2) is 7.47. The number of guanidine groups is 1. The van der Waals surface area contributed by atoms with Crippen LogP contribution in [0, 0.1) is 18.3 Å². The highest BCUT2D eigenvalue weighted by molar-refractivity contribution is 5.89. The SMILES string of the molecule is C#CC(C=C)NC(=N/C)/N=C/C(C)C(=C)C. The third-order valence-electron chi connectivity index (χ3n) is 2.11. The van der Waals surface area contributed by atoms with E-state index in [1.807, 2.05) is 13.8 Å². The first-order valence-corrected chi connectivity index (χ1v) is 5.06. The fraction of sp³-hybridized carbons (Fsp3) is 0.385. The first kappa shape index (κ1) is 14.2. The van der Waals surface area contributed by atoms with Crippen LogP contribution in [-0.2, 0) is 0 Å². The van der Waals surface area contributed by atoms with Gasteiger partial charge in [0.25, 0.3) is 0 Å². The molecule has 16 heavy (non-hydrogen) atoms. The van der Waals surface area contributed by atoms with Crippen molar-refractivity contribution in [2.45, 2.75) is 19.9 Å². The lowest BCUT2D eigenvalue weighted by Gasteiger charge is -2.09. The van der Waals surface area contributed by atoms with Gasteiger partial charge in [0.15, 0.2) is 0 Å². The Hall–Kier alpha value is -1.82. The Balaban J connectivity index is 4.50. The van der Waals surface area contributed by atoms with Gasteiger partial charge in [-0.2, -0.15) is 0 Å². The quantitative estimate of drug-likeness (QED) is 0.333. The number of allylic oxidation sites excluding steroid dienone is 1. The second-order valence-corrected chi connectivity index (χ2v) is 3.48. The minimum Gasteiger partial charge on any atom is -0.337 e. The molecule has 0 heterocycles. The minimum atomic E-state index is -0.254. The fourth-order valence-corrected chi connectivity index (χ4v) is 0.777. The van der Waals surface area contributed by atoms with Gasteiger partial charge in [-0.05, 0) is 6.92 Å². The van der Waals surface area contributed by atoms with Gasteiger partial charge < -0.3 is 5.32 Å². The highest BCUT2D eigenvalue weighted by Gasteiger charge is 2.02. The summed E-state index contributed by atoms with van der Waals surface area (Å²) in [7, 11) is 1.65. The van der Waals surface area contributed by atoms with E-state index in [2.05, 4.69) is 34.4 Å². The molecule has 3 nitrogen and oxygen atoms in total. The van der Waals surface area contributed by atoms with Crippen molar-refractivity contribution in [2.24, 2.45) is 15.9 Å². The van der Waals surface area contributed by atoms with Crippen molar-refractivity contribution < 1.29 is 0 Å². The molecule has 0 rings (SSSR count). The molecule has 0 aromatic heterocycles. The Kier molecular flexibility index (Phi) is 6.62. The molecule has 0 aliphatic heterocycles. The van der Waals surface area contributed by atoms with Crippen molar-refractivity contribution in [1.82, 2.24) is 5.32 Å². The number of hydrogen-bond acceptors (Lipinski definition) is 1. The van der Waals surface area contributed by atoms with Crippen molar-refractivity contribution >= 4 is 12.2 Å². The van der Waals surface area contributed by atoms with Gasteiger partial charge in [0, 0.05) is 19.2 Å². The third kappa shape index (κ3) is 5.16. The summed E-state index contributed by atoms with van der Waals surface area (Å²) in [5, 5.41) is 2.97. The van der Waals surface area contributed by atoms with Gasteiger partial charge in [0.05, 0.1) is 0 Å². The predicted molar refractivity (Wildman–Crippen MR) is 71.8 cm³/mol. The molecule has 0 spiro atoms. The van der Waals surface area contributed by atoms with Crippen LogP contribution in [0.5, 0.6) is 0 Å². The van der Waals surface area contributed by atoms with E-state index in [9.17, 15) is 0 Å². The monoisotopic (exact) mass is 217 g/mol. The lowest BCUT2D eigenvalue weighted by molar-refractivity contribution is 0.891. The van der Waals surface area contributed by atoms with E-state index in [4.69, 9.17) is 6.42 Å². The van der Waals surface area contributed by atoms with Gasteiger partial charge in [-0.3, -0.25) is 4.99 Å². The summed E-state index contributed by atoms with van der Waals surface area (Å²) in [5.74, 6) is 3.24. The van der Waals surface area contributed by atoms with Crippen LogP contribution in [0.15, 0.2) is 34.8 Å². The van der Waals surface area contributed by atoms with E-state index in [-0.39, 0.29) is 12.0 Å². The number of nitrogens with one attached hydrogen (secondary N) is 1. The summed E-state index contributed by atoms with van der Waals surface area (Å²) in [6.45, 7) is 11.4. The number of terminal acetylenes is 1. The summed E-state index contributed by atoms with van der Waals surface area (Å²) in [4.78, 5) is 8.20. The van der Waals surface area contributed by atoms with Gasteiger partial charge in [0.1, 0.15) is 6.04 Å². The zero-order valence-electron chi connectivity index (χ0n) is 10.2. The summed E-state index contributed by atoms with van der Waals surface area (Å²) in [5.41, 5.74) is 1.05. The van der Waals surface area contributed by atoms with Crippen LogP contribution in [0.3, 0.4) is 0 Å². The van der Waals surface area contributed by atoms with Crippen LogP contribution >= 0.6 is 0 Å². The highest BCUT2D eigenvalue weighted by Crippen LogP contribution is 2.02. The van der Waals surface area contributed by atoms with Gasteiger partial charge in [-0.1, -0.05) is 31.1 Å². The number of rotatable bonds is 4. The van der Waals surface area contributed by atoms with Crippen LogP contribution in [0.2, 0.25) is 0 Å². The minimum absolute atomic E-state index is 0.214. The average molecular weight is 217 g/mol. The largest absolute Gasteiger partial charge is 0.337 e. The van der Waals surface area contributed by atoms with Crippen molar-refractivity contribution in [2.75, 3.05) is 7.05 Å². The van der Waals surface area contributed by atoms with E-state index in [0.29, 0.717) is 5.96 Å². The van der Waals surface area contributed by atoms with Crippen LogP contribution in [0.1, 0.15) is 13.8 Å². The molecule has 1 N–H and O–H groups in total. The zero-order chi connectivity index (χ0) is 12.6. The lowest BCUT2D eigenvalue weighted by Crippen LogP contribution is -2.31. The van der Waals surface area contributed by atoms with Gasteiger partial charge in [-0.15, -0.1) is 13.0 Å². The molecule has 0 aromatic carbocycles. The normalized spacial score (nSPS) is 15.2. The predicted octanol–water partition coefficient (Wildman–Crippen LogP) is 2.03. The van der Waals surface area contributed by atoms with E-state index in [0.717, 1.165) is 5.57 Å². The average Bonchev–Trinajstić information content (AvgIpc) is 2.29. The van der Waals surface area contributed by atoms with E-state index >= 15 is 0 Å². The molecule has 0 saturated heterocycles. The van der Waals surface area contributed by atoms with Crippen LogP contribution in [0.25, 0.3) is 0 Å². The van der Waals surface area contributed by atoms with Crippen LogP contribution in [0.4, 0.5) is 0 Å². The molecule has 86 valence electrons. The molecule has 0 radical (unpaired) electrons. The van der Waals surface area contributed by atoms with Gasteiger partial charge in [-0.25, -0.2) is 4.99 Å². The van der Waals surface area contributed by atoms with Crippen molar-refractivity contribution in [1.29, 1.82) is 0 Å². The highest BCUT2D eigenvalue weighted by atomic mass is 15.1. The molecular weight excluding hydrogens is 198 g/mol. The summed E-state index contributed by atoms with van der Waals surface area (Å²) in [6, 6.07) is -0.254.